The van der Waals surface area contributed by atoms with Gasteiger partial charge in [0.05, 0.1) is 12.1 Å². The van der Waals surface area contributed by atoms with Gasteiger partial charge in [-0.05, 0) is 44.6 Å². The molecule has 1 atom stereocenters. The Bertz CT molecular complexity index is 887. The van der Waals surface area contributed by atoms with E-state index in [1.807, 2.05) is 30.0 Å². The Balaban J connectivity index is 1.47. The minimum atomic E-state index is -0.179. The number of nitrogens with one attached hydrogen (secondary N) is 1. The number of carbonyl (C=O) groups is 1. The van der Waals surface area contributed by atoms with Crippen molar-refractivity contribution in [1.29, 1.82) is 0 Å². The molecule has 148 valence electrons. The quantitative estimate of drug-likeness (QED) is 0.865. The van der Waals surface area contributed by atoms with Crippen LogP contribution in [0.2, 0.25) is 0 Å². The molecule has 1 aromatic carbocycles. The molecular formula is C22H28N4O2. The summed E-state index contributed by atoms with van der Waals surface area (Å²) in [4.78, 5) is 37.2. The average molecular weight is 380 g/mol. The first-order valence-electron chi connectivity index (χ1n) is 10.3. The summed E-state index contributed by atoms with van der Waals surface area (Å²) in [5, 5.41) is 0. The minimum absolute atomic E-state index is 0.0303. The van der Waals surface area contributed by atoms with Crippen LogP contribution in [0.4, 0.5) is 5.95 Å². The molecule has 2 aliphatic heterocycles. The highest BCUT2D eigenvalue weighted by Crippen LogP contribution is 2.22. The van der Waals surface area contributed by atoms with E-state index in [0.717, 1.165) is 51.7 Å². The van der Waals surface area contributed by atoms with Crippen molar-refractivity contribution in [3.05, 3.63) is 57.5 Å². The van der Waals surface area contributed by atoms with Crippen LogP contribution in [0.3, 0.4) is 0 Å². The predicted octanol–water partition coefficient (Wildman–Crippen LogP) is 2.45. The highest BCUT2D eigenvalue weighted by atomic mass is 16.2. The molecule has 1 N–H and O–H groups in total. The Labute approximate surface area is 165 Å². The van der Waals surface area contributed by atoms with Gasteiger partial charge in [-0.25, -0.2) is 4.98 Å². The van der Waals surface area contributed by atoms with Crippen LogP contribution in [0, 0.1) is 6.92 Å². The van der Waals surface area contributed by atoms with E-state index >= 15 is 0 Å². The lowest BCUT2D eigenvalue weighted by Gasteiger charge is -2.25. The smallest absolute Gasteiger partial charge is 0.256 e. The van der Waals surface area contributed by atoms with Crippen LogP contribution in [0.25, 0.3) is 0 Å². The minimum Gasteiger partial charge on any atom is -0.342 e. The molecule has 3 heterocycles. The zero-order valence-corrected chi connectivity index (χ0v) is 16.5. The third kappa shape index (κ3) is 3.96. The number of rotatable bonds is 5. The van der Waals surface area contributed by atoms with E-state index in [-0.39, 0.29) is 23.9 Å². The van der Waals surface area contributed by atoms with Crippen LogP contribution in [-0.2, 0) is 17.6 Å². The highest BCUT2D eigenvalue weighted by Gasteiger charge is 2.29. The average Bonchev–Trinajstić information content (AvgIpc) is 3.37. The molecule has 6 nitrogen and oxygen atoms in total. The summed E-state index contributed by atoms with van der Waals surface area (Å²) < 4.78 is 0. The molecule has 2 aliphatic rings. The predicted molar refractivity (Wildman–Crippen MR) is 110 cm³/mol. The largest absolute Gasteiger partial charge is 0.342 e. The molecule has 0 unspecified atom stereocenters. The summed E-state index contributed by atoms with van der Waals surface area (Å²) in [5.74, 6) is 0.669. The number of benzene rings is 1. The molecule has 6 heteroatoms. The van der Waals surface area contributed by atoms with Gasteiger partial charge in [0.1, 0.15) is 0 Å². The first-order chi connectivity index (χ1) is 13.6. The molecular weight excluding hydrogens is 352 g/mol. The zero-order chi connectivity index (χ0) is 19.5. The van der Waals surface area contributed by atoms with Gasteiger partial charge in [0, 0.05) is 31.2 Å². The van der Waals surface area contributed by atoms with Gasteiger partial charge in [0.2, 0.25) is 11.9 Å². The van der Waals surface area contributed by atoms with Gasteiger partial charge >= 0.3 is 0 Å². The number of aromatic amines is 1. The van der Waals surface area contributed by atoms with E-state index in [9.17, 15) is 9.59 Å². The SMILES string of the molecule is Cc1nc(N2CCCC2)[nH]c(=O)c1CC(=O)N1CCC[C@H]1Cc1ccccc1. The summed E-state index contributed by atoms with van der Waals surface area (Å²) in [6.07, 6.45) is 5.28. The van der Waals surface area contributed by atoms with Gasteiger partial charge < -0.3 is 9.80 Å². The Morgan fingerprint density at radius 2 is 1.89 bits per heavy atom. The van der Waals surface area contributed by atoms with Gasteiger partial charge in [-0.15, -0.1) is 0 Å². The fraction of sp³-hybridized carbons (Fsp3) is 0.500. The number of H-pyrrole nitrogens is 1. The Morgan fingerprint density at radius 1 is 1.14 bits per heavy atom. The van der Waals surface area contributed by atoms with E-state index in [2.05, 4.69) is 27.0 Å². The van der Waals surface area contributed by atoms with E-state index < -0.39 is 0 Å². The molecule has 1 amide bonds. The maximum absolute atomic E-state index is 13.0. The van der Waals surface area contributed by atoms with Crippen LogP contribution in [-0.4, -0.2) is 46.5 Å². The van der Waals surface area contributed by atoms with Crippen molar-refractivity contribution in [3.8, 4) is 0 Å². The Morgan fingerprint density at radius 3 is 2.61 bits per heavy atom. The van der Waals surface area contributed by atoms with Gasteiger partial charge in [0.25, 0.3) is 5.56 Å². The van der Waals surface area contributed by atoms with Gasteiger partial charge in [-0.2, -0.15) is 0 Å². The molecule has 2 saturated heterocycles. The zero-order valence-electron chi connectivity index (χ0n) is 16.5. The number of aromatic nitrogens is 2. The monoisotopic (exact) mass is 380 g/mol. The maximum Gasteiger partial charge on any atom is 0.256 e. The molecule has 0 bridgehead atoms. The van der Waals surface area contributed by atoms with Crippen molar-refractivity contribution in [2.45, 2.75) is 51.5 Å². The first-order valence-corrected chi connectivity index (χ1v) is 10.3. The second-order valence-electron chi connectivity index (χ2n) is 7.90. The van der Waals surface area contributed by atoms with Gasteiger partial charge in [0.15, 0.2) is 0 Å². The molecule has 28 heavy (non-hydrogen) atoms. The summed E-state index contributed by atoms with van der Waals surface area (Å²) >= 11 is 0. The van der Waals surface area contributed by atoms with E-state index in [4.69, 9.17) is 0 Å². The van der Waals surface area contributed by atoms with Crippen LogP contribution in [0.5, 0.6) is 0 Å². The van der Waals surface area contributed by atoms with E-state index in [0.29, 0.717) is 17.2 Å². The maximum atomic E-state index is 13.0. The van der Waals surface area contributed by atoms with Crippen molar-refractivity contribution >= 4 is 11.9 Å². The summed E-state index contributed by atoms with van der Waals surface area (Å²) in [6.45, 7) is 4.46. The van der Waals surface area contributed by atoms with E-state index in [1.165, 1.54) is 5.56 Å². The number of nitrogens with zero attached hydrogens (tertiary/aromatic N) is 3. The van der Waals surface area contributed by atoms with Crippen LogP contribution >= 0.6 is 0 Å². The number of hydrogen-bond acceptors (Lipinski definition) is 4. The van der Waals surface area contributed by atoms with Gasteiger partial charge in [-0.3, -0.25) is 14.6 Å². The first kappa shape index (κ1) is 18.7. The Hall–Kier alpha value is -2.63. The molecule has 2 fully saturated rings. The van der Waals surface area contributed by atoms with Crippen LogP contribution in [0.15, 0.2) is 35.1 Å². The lowest BCUT2D eigenvalue weighted by atomic mass is 10.0. The number of amides is 1. The van der Waals surface area contributed by atoms with Crippen LogP contribution < -0.4 is 10.5 Å². The third-order valence-electron chi connectivity index (χ3n) is 5.95. The molecule has 0 radical (unpaired) electrons. The van der Waals surface area contributed by atoms with Crippen LogP contribution in [0.1, 0.15) is 42.5 Å². The molecule has 1 aromatic heterocycles. The number of likely N-dealkylation sites (tertiary alicyclic amines) is 1. The second-order valence-corrected chi connectivity index (χ2v) is 7.90. The van der Waals surface area contributed by atoms with E-state index in [1.54, 1.807) is 0 Å². The summed E-state index contributed by atoms with van der Waals surface area (Å²) in [5.41, 5.74) is 2.23. The van der Waals surface area contributed by atoms with Gasteiger partial charge in [-0.1, -0.05) is 30.3 Å². The van der Waals surface area contributed by atoms with Crippen molar-refractivity contribution in [2.75, 3.05) is 24.5 Å². The number of hydrogen-bond donors (Lipinski definition) is 1. The molecule has 0 saturated carbocycles. The highest BCUT2D eigenvalue weighted by molar-refractivity contribution is 5.79. The third-order valence-corrected chi connectivity index (χ3v) is 5.95. The van der Waals surface area contributed by atoms with Crippen molar-refractivity contribution in [1.82, 2.24) is 14.9 Å². The lowest BCUT2D eigenvalue weighted by Crippen LogP contribution is -2.39. The standard InChI is InChI=1S/C22H28N4O2/c1-16-19(21(28)24-22(23-16)25-11-5-6-12-25)15-20(27)26-13-7-10-18(26)14-17-8-3-2-4-9-17/h2-4,8-9,18H,5-7,10-15H2,1H3,(H,23,24,28)/t18-/m0/s1. The lowest BCUT2D eigenvalue weighted by molar-refractivity contribution is -0.131. The normalized spacial score (nSPS) is 19.4. The second kappa shape index (κ2) is 8.17. The molecule has 0 spiro atoms. The Kier molecular flexibility index (Phi) is 5.46. The molecule has 0 aliphatic carbocycles. The number of carbonyl (C=O) groups excluding carboxylic acids is 1. The topological polar surface area (TPSA) is 69.3 Å². The number of anilines is 1. The fourth-order valence-electron chi connectivity index (χ4n) is 4.40. The fourth-order valence-corrected chi connectivity index (χ4v) is 4.40. The van der Waals surface area contributed by atoms with Crippen molar-refractivity contribution in [3.63, 3.8) is 0 Å². The number of aryl methyl sites for hydroxylation is 1. The van der Waals surface area contributed by atoms with Crippen molar-refractivity contribution < 1.29 is 4.79 Å². The molecule has 4 rings (SSSR count). The summed E-state index contributed by atoms with van der Waals surface area (Å²) in [6, 6.07) is 10.5. The van der Waals surface area contributed by atoms with Crippen molar-refractivity contribution in [2.24, 2.45) is 0 Å². The summed E-state index contributed by atoms with van der Waals surface area (Å²) in [7, 11) is 0. The molecule has 2 aromatic rings.